The van der Waals surface area contributed by atoms with E-state index in [1.165, 1.54) is 11.5 Å². The van der Waals surface area contributed by atoms with Crippen molar-refractivity contribution in [1.82, 2.24) is 19.9 Å². The molecule has 2 atom stereocenters. The van der Waals surface area contributed by atoms with Crippen molar-refractivity contribution in [2.24, 2.45) is 0 Å². The molecule has 0 aliphatic carbocycles. The van der Waals surface area contributed by atoms with Crippen molar-refractivity contribution in [2.45, 2.75) is 49.1 Å². The van der Waals surface area contributed by atoms with Crippen LogP contribution in [0.5, 0.6) is 0 Å². The zero-order chi connectivity index (χ0) is 20.6. The number of carbonyl (C=O) groups excluding carboxylic acids is 1. The summed E-state index contributed by atoms with van der Waals surface area (Å²) in [7, 11) is 0. The summed E-state index contributed by atoms with van der Waals surface area (Å²) in [5, 5.41) is 8.62. The normalized spacial score (nSPS) is 25.1. The molecule has 2 unspecified atom stereocenters. The maximum absolute atomic E-state index is 12.6. The molecule has 0 saturated carbocycles. The highest BCUT2D eigenvalue weighted by Crippen LogP contribution is 2.51. The number of halogens is 2. The smallest absolute Gasteiger partial charge is 0.236 e. The Hall–Kier alpha value is -0.570. The molecule has 1 aromatic carbocycles. The van der Waals surface area contributed by atoms with Gasteiger partial charge in [0, 0.05) is 42.5 Å². The van der Waals surface area contributed by atoms with E-state index in [-0.39, 0.29) is 29.1 Å². The molecule has 0 radical (unpaired) electrons. The van der Waals surface area contributed by atoms with Gasteiger partial charge in [-0.15, -0.1) is 24.2 Å². The van der Waals surface area contributed by atoms with E-state index in [0.717, 1.165) is 66.4 Å². The van der Waals surface area contributed by atoms with E-state index in [9.17, 15) is 4.79 Å². The third-order valence-electron chi connectivity index (χ3n) is 6.01. The fourth-order valence-electron chi connectivity index (χ4n) is 4.45. The quantitative estimate of drug-likeness (QED) is 0.626. The van der Waals surface area contributed by atoms with Crippen LogP contribution in [-0.2, 0) is 4.79 Å². The number of rotatable bonds is 6. The molecule has 4 rings (SSSR count). The highest BCUT2D eigenvalue weighted by molar-refractivity contribution is 8.03. The van der Waals surface area contributed by atoms with Crippen LogP contribution in [-0.4, -0.2) is 57.5 Å². The monoisotopic (exact) mass is 488 g/mol. The predicted octanol–water partition coefficient (Wildman–Crippen LogP) is 4.50. The largest absolute Gasteiger partial charge is 0.340 e. The van der Waals surface area contributed by atoms with Gasteiger partial charge in [-0.2, -0.15) is 4.37 Å². The van der Waals surface area contributed by atoms with Crippen LogP contribution in [0.15, 0.2) is 18.2 Å². The SMILES string of the molecule is CC1(C)SC(C)(C(CCCN2CCNCC2)c2nsc3cc(Cl)ccc23)NC1=O.Cl. The molecule has 2 aliphatic heterocycles. The lowest BCUT2D eigenvalue weighted by Crippen LogP contribution is -2.45. The molecule has 9 heteroatoms. The van der Waals surface area contributed by atoms with E-state index < -0.39 is 4.75 Å². The Balaban J connectivity index is 0.00000256. The summed E-state index contributed by atoms with van der Waals surface area (Å²) in [6.45, 7) is 11.6. The summed E-state index contributed by atoms with van der Waals surface area (Å²) in [4.78, 5) is 14.8. The first-order valence-electron chi connectivity index (χ1n) is 10.3. The van der Waals surface area contributed by atoms with Crippen LogP contribution >= 0.6 is 47.3 Å². The molecule has 2 saturated heterocycles. The second-order valence-corrected chi connectivity index (χ2v) is 12.0. The van der Waals surface area contributed by atoms with Crippen molar-refractivity contribution in [3.63, 3.8) is 0 Å². The minimum atomic E-state index is -0.430. The summed E-state index contributed by atoms with van der Waals surface area (Å²) in [5.41, 5.74) is 1.09. The summed E-state index contributed by atoms with van der Waals surface area (Å²) in [6.07, 6.45) is 2.08. The molecular weight excluding hydrogens is 459 g/mol. The average Bonchev–Trinajstić information content (AvgIpc) is 3.16. The number of hydrogen-bond donors (Lipinski definition) is 2. The van der Waals surface area contributed by atoms with Crippen LogP contribution in [0.2, 0.25) is 5.02 Å². The maximum Gasteiger partial charge on any atom is 0.236 e. The Bertz CT molecular complexity index is 900. The molecule has 166 valence electrons. The molecular formula is C21H30Cl2N4OS2. The first-order chi connectivity index (χ1) is 13.8. The molecule has 2 aromatic rings. The number of aromatic nitrogens is 1. The lowest BCUT2D eigenvalue weighted by Gasteiger charge is -2.34. The van der Waals surface area contributed by atoms with E-state index in [0.29, 0.717) is 0 Å². The number of piperazine rings is 1. The van der Waals surface area contributed by atoms with Gasteiger partial charge < -0.3 is 15.5 Å². The average molecular weight is 490 g/mol. The molecule has 0 bridgehead atoms. The number of carbonyl (C=O) groups is 1. The number of benzene rings is 1. The van der Waals surface area contributed by atoms with Crippen LogP contribution in [0.1, 0.15) is 45.2 Å². The van der Waals surface area contributed by atoms with Gasteiger partial charge in [-0.05, 0) is 63.8 Å². The minimum absolute atomic E-state index is 0. The van der Waals surface area contributed by atoms with Crippen molar-refractivity contribution in [1.29, 1.82) is 0 Å². The van der Waals surface area contributed by atoms with Gasteiger partial charge in [0.1, 0.15) is 0 Å². The van der Waals surface area contributed by atoms with E-state index in [2.05, 4.69) is 28.5 Å². The highest BCUT2D eigenvalue weighted by Gasteiger charge is 2.52. The lowest BCUT2D eigenvalue weighted by molar-refractivity contribution is -0.122. The highest BCUT2D eigenvalue weighted by atomic mass is 35.5. The second kappa shape index (κ2) is 9.51. The van der Waals surface area contributed by atoms with Gasteiger partial charge in [-0.3, -0.25) is 4.79 Å². The first-order valence-corrected chi connectivity index (χ1v) is 12.3. The van der Waals surface area contributed by atoms with Crippen molar-refractivity contribution in [2.75, 3.05) is 32.7 Å². The summed E-state index contributed by atoms with van der Waals surface area (Å²) in [6, 6.07) is 6.00. The van der Waals surface area contributed by atoms with Crippen molar-refractivity contribution >= 4 is 63.3 Å². The van der Waals surface area contributed by atoms with Crippen LogP contribution in [0.4, 0.5) is 0 Å². The first kappa shape index (κ1) is 24.1. The van der Waals surface area contributed by atoms with E-state index >= 15 is 0 Å². The topological polar surface area (TPSA) is 57.3 Å². The third kappa shape index (κ3) is 4.92. The standard InChI is InChI=1S/C21H29ClN4OS2.ClH/c1-20(2)19(27)24-21(3,29-20)16(5-4-10-26-11-8-23-9-12-26)18-15-7-6-14(22)13-17(15)28-25-18;/h6-7,13,16,23H,4-5,8-12H2,1-3H3,(H,24,27);1H. The van der Waals surface area contributed by atoms with E-state index in [1.807, 2.05) is 26.0 Å². The van der Waals surface area contributed by atoms with E-state index in [4.69, 9.17) is 16.0 Å². The Morgan fingerprint density at radius 1 is 1.27 bits per heavy atom. The molecule has 0 spiro atoms. The van der Waals surface area contributed by atoms with E-state index in [1.54, 1.807) is 11.8 Å². The fourth-order valence-corrected chi connectivity index (χ4v) is 7.27. The van der Waals surface area contributed by atoms with Gasteiger partial charge in [0.05, 0.1) is 20.0 Å². The van der Waals surface area contributed by atoms with Gasteiger partial charge >= 0.3 is 0 Å². The molecule has 3 heterocycles. The minimum Gasteiger partial charge on any atom is -0.340 e. The molecule has 1 amide bonds. The predicted molar refractivity (Wildman–Crippen MR) is 131 cm³/mol. The van der Waals surface area contributed by atoms with Crippen LogP contribution < -0.4 is 10.6 Å². The Labute approximate surface area is 198 Å². The van der Waals surface area contributed by atoms with Crippen molar-refractivity contribution < 1.29 is 4.79 Å². The maximum atomic E-state index is 12.6. The Kier molecular flexibility index (Phi) is 7.63. The molecule has 2 N–H and O–H groups in total. The molecule has 2 aliphatic rings. The van der Waals surface area contributed by atoms with Gasteiger partial charge in [-0.25, -0.2) is 0 Å². The third-order valence-corrected chi connectivity index (χ3v) is 8.57. The number of thioether (sulfide) groups is 1. The van der Waals surface area contributed by atoms with Crippen molar-refractivity contribution in [3.05, 3.63) is 28.9 Å². The van der Waals surface area contributed by atoms with Gasteiger partial charge in [0.2, 0.25) is 5.91 Å². The van der Waals surface area contributed by atoms with Crippen LogP contribution in [0.3, 0.4) is 0 Å². The zero-order valence-electron chi connectivity index (χ0n) is 17.7. The summed E-state index contributed by atoms with van der Waals surface area (Å²) >= 11 is 9.43. The molecule has 30 heavy (non-hydrogen) atoms. The zero-order valence-corrected chi connectivity index (χ0v) is 20.9. The van der Waals surface area contributed by atoms with Gasteiger partial charge in [-0.1, -0.05) is 17.7 Å². The number of amides is 1. The Morgan fingerprint density at radius 2 is 2.00 bits per heavy atom. The fraction of sp³-hybridized carbons (Fsp3) is 0.619. The number of hydrogen-bond acceptors (Lipinski definition) is 6. The van der Waals surface area contributed by atoms with Gasteiger partial charge in [0.25, 0.3) is 0 Å². The second-order valence-electron chi connectivity index (χ2n) is 8.67. The number of fused-ring (bicyclic) bond motifs is 1. The van der Waals surface area contributed by atoms with Gasteiger partial charge in [0.15, 0.2) is 0 Å². The van der Waals surface area contributed by atoms with Crippen molar-refractivity contribution in [3.8, 4) is 0 Å². The molecule has 2 fully saturated rings. The molecule has 1 aromatic heterocycles. The summed E-state index contributed by atoms with van der Waals surface area (Å²) < 4.78 is 5.54. The lowest BCUT2D eigenvalue weighted by atomic mass is 9.89. The molecule has 5 nitrogen and oxygen atoms in total. The van der Waals surface area contributed by atoms with Crippen LogP contribution in [0, 0.1) is 0 Å². The number of nitrogens with zero attached hydrogens (tertiary/aromatic N) is 2. The Morgan fingerprint density at radius 3 is 2.67 bits per heavy atom. The number of nitrogens with one attached hydrogen (secondary N) is 2. The van der Waals surface area contributed by atoms with Crippen LogP contribution in [0.25, 0.3) is 10.1 Å². The summed E-state index contributed by atoms with van der Waals surface area (Å²) in [5.74, 6) is 0.260.